The third-order valence-electron chi connectivity index (χ3n) is 1.66. The molecule has 0 spiro atoms. The van der Waals surface area contributed by atoms with E-state index in [4.69, 9.17) is 17.3 Å². The Hall–Kier alpha value is -0.940. The highest BCUT2D eigenvalue weighted by Crippen LogP contribution is 2.28. The Labute approximate surface area is 89.8 Å². The quantitative estimate of drug-likeness (QED) is 0.880. The van der Waals surface area contributed by atoms with Gasteiger partial charge < -0.3 is 10.5 Å². The third kappa shape index (κ3) is 3.97. The summed E-state index contributed by atoms with van der Waals surface area (Å²) in [6.07, 6.45) is -4.41. The van der Waals surface area contributed by atoms with Crippen LogP contribution in [0.3, 0.4) is 0 Å². The number of nitrogens with two attached hydrogens (primary N) is 1. The van der Waals surface area contributed by atoms with Crippen LogP contribution in [0.1, 0.15) is 5.56 Å². The maximum absolute atomic E-state index is 12.0. The van der Waals surface area contributed by atoms with Gasteiger partial charge in [-0.2, -0.15) is 0 Å². The van der Waals surface area contributed by atoms with Crippen LogP contribution in [-0.4, -0.2) is 12.9 Å². The summed E-state index contributed by atoms with van der Waals surface area (Å²) in [6.45, 7) is 0.231. The van der Waals surface area contributed by atoms with Gasteiger partial charge in [0.1, 0.15) is 5.75 Å². The van der Waals surface area contributed by atoms with Gasteiger partial charge in [0.2, 0.25) is 0 Å². The number of halogens is 4. The van der Waals surface area contributed by atoms with E-state index in [1.54, 1.807) is 0 Å². The molecule has 0 amide bonds. The van der Waals surface area contributed by atoms with Gasteiger partial charge in [-0.3, -0.25) is 0 Å². The van der Waals surface area contributed by atoms with Crippen molar-refractivity contribution in [2.45, 2.75) is 12.8 Å². The zero-order valence-electron chi connectivity index (χ0n) is 7.64. The number of hydrogen-bond donors (Lipinski definition) is 1. The van der Waals surface area contributed by atoms with Crippen molar-refractivity contribution in [2.24, 2.45) is 5.73 Å². The second-order valence-electron chi connectivity index (χ2n) is 2.84. The predicted molar refractivity (Wildman–Crippen MR) is 50.9 cm³/mol. The first-order valence-corrected chi connectivity index (χ1v) is 4.54. The summed E-state index contributed by atoms with van der Waals surface area (Å²) >= 11 is 5.65. The van der Waals surface area contributed by atoms with Gasteiger partial charge >= 0.3 is 6.36 Å². The number of hydrogen-bond acceptors (Lipinski definition) is 2. The Balaban J connectivity index is 2.95. The van der Waals surface area contributed by atoms with Crippen LogP contribution in [0.15, 0.2) is 18.2 Å². The molecule has 0 radical (unpaired) electrons. The van der Waals surface area contributed by atoms with Crippen molar-refractivity contribution >= 4 is 11.6 Å². The van der Waals surface area contributed by atoms with Crippen molar-refractivity contribution < 1.29 is 17.9 Å². The Morgan fingerprint density at radius 3 is 2.53 bits per heavy atom. The van der Waals surface area contributed by atoms with Crippen LogP contribution in [0.25, 0.3) is 0 Å². The van der Waals surface area contributed by atoms with Crippen LogP contribution in [0.4, 0.5) is 13.2 Å². The number of ether oxygens (including phenoxy) is 1. The van der Waals surface area contributed by atoms with Gasteiger partial charge in [0.25, 0.3) is 0 Å². The molecule has 0 aliphatic carbocycles. The summed E-state index contributed by atoms with van der Waals surface area (Å²) < 4.78 is 39.8. The first kappa shape index (κ1) is 12.1. The largest absolute Gasteiger partial charge is 0.573 e. The maximum Gasteiger partial charge on any atom is 0.573 e. The predicted octanol–water partition coefficient (Wildman–Crippen LogP) is 2.74. The standard InChI is InChI=1S/C9H9ClF3NO/c10-7-1-2-8(15-9(11,12)13)6(5-7)3-4-14/h1-2,5H,3-4,14H2. The highest BCUT2D eigenvalue weighted by Gasteiger charge is 2.31. The number of alkyl halides is 3. The summed E-state index contributed by atoms with van der Waals surface area (Å²) in [6, 6.07) is 3.93. The monoisotopic (exact) mass is 239 g/mol. The molecule has 0 aliphatic heterocycles. The molecule has 0 atom stereocenters. The molecule has 0 unspecified atom stereocenters. The summed E-state index contributed by atoms with van der Waals surface area (Å²) in [5.41, 5.74) is 5.61. The van der Waals surface area contributed by atoms with Crippen molar-refractivity contribution in [3.8, 4) is 5.75 Å². The molecule has 0 saturated heterocycles. The molecule has 84 valence electrons. The lowest BCUT2D eigenvalue weighted by Crippen LogP contribution is -2.18. The molecule has 2 N–H and O–H groups in total. The minimum atomic E-state index is -4.70. The van der Waals surface area contributed by atoms with Crippen LogP contribution >= 0.6 is 11.6 Å². The molecule has 6 heteroatoms. The molecular weight excluding hydrogens is 231 g/mol. The Kier molecular flexibility index (Phi) is 3.82. The SMILES string of the molecule is NCCc1cc(Cl)ccc1OC(F)(F)F. The normalized spacial score (nSPS) is 11.5. The van der Waals surface area contributed by atoms with Crippen molar-refractivity contribution in [1.82, 2.24) is 0 Å². The first-order chi connectivity index (χ1) is 6.92. The van der Waals surface area contributed by atoms with Crippen molar-refractivity contribution in [3.05, 3.63) is 28.8 Å². The smallest absolute Gasteiger partial charge is 0.406 e. The molecule has 0 fully saturated rings. The molecule has 2 nitrogen and oxygen atoms in total. The van der Waals surface area contributed by atoms with Crippen LogP contribution < -0.4 is 10.5 Å². The lowest BCUT2D eigenvalue weighted by Gasteiger charge is -2.12. The average molecular weight is 240 g/mol. The lowest BCUT2D eigenvalue weighted by molar-refractivity contribution is -0.274. The van der Waals surface area contributed by atoms with Gasteiger partial charge in [-0.05, 0) is 36.7 Å². The average Bonchev–Trinajstić information content (AvgIpc) is 2.08. The fourth-order valence-corrected chi connectivity index (χ4v) is 1.32. The molecular formula is C9H9ClF3NO. The summed E-state index contributed by atoms with van der Waals surface area (Å²) in [7, 11) is 0. The van der Waals surface area contributed by atoms with Gasteiger partial charge in [-0.25, -0.2) is 0 Å². The zero-order valence-corrected chi connectivity index (χ0v) is 8.40. The highest BCUT2D eigenvalue weighted by molar-refractivity contribution is 6.30. The van der Waals surface area contributed by atoms with Gasteiger partial charge in [0, 0.05) is 5.02 Å². The molecule has 0 bridgehead atoms. The van der Waals surface area contributed by atoms with Crippen LogP contribution in [0, 0.1) is 0 Å². The minimum absolute atomic E-state index is 0.231. The second-order valence-corrected chi connectivity index (χ2v) is 3.27. The molecule has 0 aromatic heterocycles. The first-order valence-electron chi connectivity index (χ1n) is 4.16. The van der Waals surface area contributed by atoms with Gasteiger partial charge in [0.05, 0.1) is 0 Å². The van der Waals surface area contributed by atoms with E-state index in [0.29, 0.717) is 10.6 Å². The zero-order chi connectivity index (χ0) is 11.5. The summed E-state index contributed by atoms with van der Waals surface area (Å²) in [5, 5.41) is 0.355. The van der Waals surface area contributed by atoms with Gasteiger partial charge in [0.15, 0.2) is 0 Å². The number of rotatable bonds is 3. The molecule has 0 heterocycles. The number of benzene rings is 1. The van der Waals surface area contributed by atoms with E-state index in [1.165, 1.54) is 18.2 Å². The maximum atomic E-state index is 12.0. The van der Waals surface area contributed by atoms with Crippen LogP contribution in [0.5, 0.6) is 5.75 Å². The van der Waals surface area contributed by atoms with Crippen molar-refractivity contribution in [1.29, 1.82) is 0 Å². The molecule has 0 aliphatic rings. The molecule has 15 heavy (non-hydrogen) atoms. The summed E-state index contributed by atoms with van der Waals surface area (Å²) in [4.78, 5) is 0. The molecule has 1 rings (SSSR count). The van der Waals surface area contributed by atoms with Crippen LogP contribution in [-0.2, 0) is 6.42 Å². The summed E-state index contributed by atoms with van der Waals surface area (Å²) in [5.74, 6) is -0.252. The Bertz CT molecular complexity index is 341. The van der Waals surface area contributed by atoms with E-state index in [9.17, 15) is 13.2 Å². The lowest BCUT2D eigenvalue weighted by atomic mass is 10.1. The van der Waals surface area contributed by atoms with E-state index < -0.39 is 6.36 Å². The van der Waals surface area contributed by atoms with E-state index in [1.807, 2.05) is 0 Å². The van der Waals surface area contributed by atoms with Crippen molar-refractivity contribution in [2.75, 3.05) is 6.54 Å². The van der Waals surface area contributed by atoms with E-state index >= 15 is 0 Å². The van der Waals surface area contributed by atoms with Gasteiger partial charge in [-0.1, -0.05) is 11.6 Å². The second kappa shape index (κ2) is 4.72. The van der Waals surface area contributed by atoms with Gasteiger partial charge in [-0.15, -0.1) is 13.2 Å². The van der Waals surface area contributed by atoms with Crippen molar-refractivity contribution in [3.63, 3.8) is 0 Å². The Morgan fingerprint density at radius 1 is 1.33 bits per heavy atom. The topological polar surface area (TPSA) is 35.2 Å². The van der Waals surface area contributed by atoms with E-state index in [-0.39, 0.29) is 18.7 Å². The molecule has 0 saturated carbocycles. The molecule has 1 aromatic rings. The fourth-order valence-electron chi connectivity index (χ4n) is 1.12. The van der Waals surface area contributed by atoms with E-state index in [0.717, 1.165) is 0 Å². The fraction of sp³-hybridized carbons (Fsp3) is 0.333. The minimum Gasteiger partial charge on any atom is -0.406 e. The Morgan fingerprint density at radius 2 is 2.00 bits per heavy atom. The highest BCUT2D eigenvalue weighted by atomic mass is 35.5. The van der Waals surface area contributed by atoms with E-state index in [2.05, 4.69) is 4.74 Å². The van der Waals surface area contributed by atoms with Crippen LogP contribution in [0.2, 0.25) is 5.02 Å². The third-order valence-corrected chi connectivity index (χ3v) is 1.90. The molecule has 1 aromatic carbocycles.